The lowest BCUT2D eigenvalue weighted by Crippen LogP contribution is -2.48. The van der Waals surface area contributed by atoms with E-state index >= 15 is 0 Å². The number of amides is 1. The topological polar surface area (TPSA) is 20.3 Å². The molecule has 0 aliphatic heterocycles. The van der Waals surface area contributed by atoms with Crippen LogP contribution in [0.15, 0.2) is 22.7 Å². The van der Waals surface area contributed by atoms with Gasteiger partial charge in [0.1, 0.15) is 0 Å². The Hall–Kier alpha value is -0.540. The van der Waals surface area contributed by atoms with Crippen LogP contribution in [0.1, 0.15) is 74.6 Å². The summed E-state index contributed by atoms with van der Waals surface area (Å²) in [6.45, 7) is 0. The van der Waals surface area contributed by atoms with Crippen molar-refractivity contribution in [2.75, 3.05) is 0 Å². The van der Waals surface area contributed by atoms with Gasteiger partial charge in [-0.05, 0) is 43.9 Å². The molecule has 0 saturated heterocycles. The van der Waals surface area contributed by atoms with Gasteiger partial charge in [-0.2, -0.15) is 0 Å². The standard InChI is InChI=1S/C19H25BrClNO/c20-14-11-12-18(21)17(13-14)19(23)22(15-7-3-1-4-8-15)16-9-5-2-6-10-16/h11-13,15-16H,1-10H2. The van der Waals surface area contributed by atoms with E-state index in [4.69, 9.17) is 11.6 Å². The fraction of sp³-hybridized carbons (Fsp3) is 0.632. The quantitative estimate of drug-likeness (QED) is 0.592. The number of rotatable bonds is 3. The molecule has 2 aliphatic rings. The van der Waals surface area contributed by atoms with Crippen LogP contribution in [0.4, 0.5) is 0 Å². The summed E-state index contributed by atoms with van der Waals surface area (Å²) in [6.07, 6.45) is 12.2. The van der Waals surface area contributed by atoms with Crippen molar-refractivity contribution < 1.29 is 4.79 Å². The van der Waals surface area contributed by atoms with Gasteiger partial charge in [-0.1, -0.05) is 66.1 Å². The van der Waals surface area contributed by atoms with Crippen molar-refractivity contribution in [2.24, 2.45) is 0 Å². The summed E-state index contributed by atoms with van der Waals surface area (Å²) >= 11 is 9.82. The van der Waals surface area contributed by atoms with Crippen LogP contribution < -0.4 is 0 Å². The van der Waals surface area contributed by atoms with Crippen molar-refractivity contribution in [1.29, 1.82) is 0 Å². The summed E-state index contributed by atoms with van der Waals surface area (Å²) in [7, 11) is 0. The predicted molar refractivity (Wildman–Crippen MR) is 99.1 cm³/mol. The number of halogens is 2. The molecule has 1 aromatic carbocycles. The highest BCUT2D eigenvalue weighted by atomic mass is 79.9. The van der Waals surface area contributed by atoms with Gasteiger partial charge in [0.15, 0.2) is 0 Å². The second-order valence-corrected chi connectivity index (χ2v) is 8.24. The highest BCUT2D eigenvalue weighted by molar-refractivity contribution is 9.10. The zero-order chi connectivity index (χ0) is 16.2. The number of nitrogens with zero attached hydrogens (tertiary/aromatic N) is 1. The van der Waals surface area contributed by atoms with Gasteiger partial charge in [0.2, 0.25) is 0 Å². The van der Waals surface area contributed by atoms with Crippen molar-refractivity contribution in [3.05, 3.63) is 33.3 Å². The van der Waals surface area contributed by atoms with E-state index in [1.54, 1.807) is 0 Å². The first-order valence-corrected chi connectivity index (χ1v) is 10.1. The largest absolute Gasteiger partial charge is 0.333 e. The molecule has 0 atom stereocenters. The first-order valence-electron chi connectivity index (χ1n) is 8.94. The normalized spacial score (nSPS) is 20.4. The lowest BCUT2D eigenvalue weighted by molar-refractivity contribution is 0.0448. The molecular formula is C19H25BrClNO. The first kappa shape index (κ1) is 17.3. The van der Waals surface area contributed by atoms with Gasteiger partial charge >= 0.3 is 0 Å². The van der Waals surface area contributed by atoms with Gasteiger partial charge in [-0.15, -0.1) is 0 Å². The van der Waals surface area contributed by atoms with E-state index in [0.717, 1.165) is 30.2 Å². The SMILES string of the molecule is O=C(c1cc(Br)ccc1Cl)N(C1CCCCC1)C1CCCCC1. The molecule has 1 amide bonds. The maximum absolute atomic E-state index is 13.3. The minimum atomic E-state index is 0.134. The Labute approximate surface area is 152 Å². The Morgan fingerprint density at radius 3 is 2.00 bits per heavy atom. The molecule has 3 rings (SSSR count). The summed E-state index contributed by atoms with van der Waals surface area (Å²) in [5, 5.41) is 0.565. The number of carbonyl (C=O) groups is 1. The zero-order valence-corrected chi connectivity index (χ0v) is 15.9. The van der Waals surface area contributed by atoms with Crippen LogP contribution in [-0.2, 0) is 0 Å². The Kier molecular flexibility index (Phi) is 6.03. The van der Waals surface area contributed by atoms with Crippen molar-refractivity contribution in [1.82, 2.24) is 4.90 Å². The van der Waals surface area contributed by atoms with Crippen molar-refractivity contribution in [3.63, 3.8) is 0 Å². The number of hydrogen-bond acceptors (Lipinski definition) is 1. The molecule has 0 heterocycles. The van der Waals surface area contributed by atoms with E-state index in [-0.39, 0.29) is 5.91 Å². The monoisotopic (exact) mass is 397 g/mol. The molecule has 2 nitrogen and oxygen atoms in total. The Balaban J connectivity index is 1.89. The molecule has 2 fully saturated rings. The average Bonchev–Trinajstić information content (AvgIpc) is 2.59. The van der Waals surface area contributed by atoms with Crippen LogP contribution in [-0.4, -0.2) is 22.9 Å². The van der Waals surface area contributed by atoms with Gasteiger partial charge in [-0.3, -0.25) is 4.79 Å². The lowest BCUT2D eigenvalue weighted by Gasteiger charge is -2.42. The number of hydrogen-bond donors (Lipinski definition) is 0. The van der Waals surface area contributed by atoms with Gasteiger partial charge in [0, 0.05) is 16.6 Å². The van der Waals surface area contributed by atoms with Gasteiger partial charge in [0.25, 0.3) is 5.91 Å². The maximum atomic E-state index is 13.3. The fourth-order valence-corrected chi connectivity index (χ4v) is 4.71. The molecule has 1 aromatic rings. The van der Waals surface area contributed by atoms with Gasteiger partial charge < -0.3 is 4.90 Å². The van der Waals surface area contributed by atoms with E-state index in [2.05, 4.69) is 20.8 Å². The van der Waals surface area contributed by atoms with Crippen LogP contribution in [0.5, 0.6) is 0 Å². The molecule has 23 heavy (non-hydrogen) atoms. The van der Waals surface area contributed by atoms with E-state index in [1.165, 1.54) is 38.5 Å². The fourth-order valence-electron chi connectivity index (χ4n) is 4.15. The van der Waals surface area contributed by atoms with E-state index in [1.807, 2.05) is 18.2 Å². The van der Waals surface area contributed by atoms with Crippen LogP contribution in [0.25, 0.3) is 0 Å². The maximum Gasteiger partial charge on any atom is 0.255 e. The molecular weight excluding hydrogens is 374 g/mol. The first-order chi connectivity index (χ1) is 11.2. The van der Waals surface area contributed by atoms with E-state index < -0.39 is 0 Å². The summed E-state index contributed by atoms with van der Waals surface area (Å²) in [5.74, 6) is 0.134. The Morgan fingerprint density at radius 1 is 0.957 bits per heavy atom. The molecule has 2 aliphatic carbocycles. The van der Waals surface area contributed by atoms with E-state index in [9.17, 15) is 4.79 Å². The van der Waals surface area contributed by atoms with Crippen molar-refractivity contribution in [2.45, 2.75) is 76.3 Å². The van der Waals surface area contributed by atoms with Crippen LogP contribution >= 0.6 is 27.5 Å². The molecule has 0 aromatic heterocycles. The third-order valence-electron chi connectivity index (χ3n) is 5.33. The Morgan fingerprint density at radius 2 is 1.48 bits per heavy atom. The average molecular weight is 399 g/mol. The highest BCUT2D eigenvalue weighted by Crippen LogP contribution is 2.33. The summed E-state index contributed by atoms with van der Waals surface area (Å²) in [6, 6.07) is 6.39. The van der Waals surface area contributed by atoms with Crippen LogP contribution in [0, 0.1) is 0 Å². The molecule has 0 N–H and O–H groups in total. The van der Waals surface area contributed by atoms with Gasteiger partial charge in [0.05, 0.1) is 10.6 Å². The smallest absolute Gasteiger partial charge is 0.255 e. The minimum Gasteiger partial charge on any atom is -0.333 e. The van der Waals surface area contributed by atoms with E-state index in [0.29, 0.717) is 22.7 Å². The molecule has 126 valence electrons. The molecule has 0 spiro atoms. The van der Waals surface area contributed by atoms with Crippen molar-refractivity contribution >= 4 is 33.4 Å². The molecule has 2 saturated carbocycles. The molecule has 0 radical (unpaired) electrons. The lowest BCUT2D eigenvalue weighted by atomic mass is 9.88. The van der Waals surface area contributed by atoms with Crippen molar-refractivity contribution in [3.8, 4) is 0 Å². The van der Waals surface area contributed by atoms with Crippen LogP contribution in [0.2, 0.25) is 5.02 Å². The summed E-state index contributed by atoms with van der Waals surface area (Å²) in [4.78, 5) is 15.6. The number of carbonyl (C=O) groups excluding carboxylic acids is 1. The third kappa shape index (κ3) is 4.11. The Bertz CT molecular complexity index is 532. The van der Waals surface area contributed by atoms with Crippen LogP contribution in [0.3, 0.4) is 0 Å². The van der Waals surface area contributed by atoms with Gasteiger partial charge in [-0.25, -0.2) is 0 Å². The molecule has 0 bridgehead atoms. The second kappa shape index (κ2) is 8.02. The minimum absolute atomic E-state index is 0.134. The molecule has 4 heteroatoms. The molecule has 0 unspecified atom stereocenters. The zero-order valence-electron chi connectivity index (χ0n) is 13.6. The summed E-state index contributed by atoms with van der Waals surface area (Å²) < 4.78 is 0.914. The predicted octanol–water partition coefficient (Wildman–Crippen LogP) is 6.21. The number of benzene rings is 1. The highest BCUT2D eigenvalue weighted by Gasteiger charge is 2.33. The second-order valence-electron chi connectivity index (χ2n) is 6.92. The third-order valence-corrected chi connectivity index (χ3v) is 6.15. The summed E-state index contributed by atoms with van der Waals surface area (Å²) in [5.41, 5.74) is 0.650.